The zero-order chi connectivity index (χ0) is 19.5. The average molecular weight is 422 g/mol. The van der Waals surface area contributed by atoms with E-state index in [1.807, 2.05) is 0 Å². The molecule has 0 spiro atoms. The molecule has 0 aliphatic carbocycles. The molecule has 0 bridgehead atoms. The summed E-state index contributed by atoms with van der Waals surface area (Å²) in [5, 5.41) is 9.15. The molecule has 1 saturated heterocycles. The number of carboxylic acids is 1. The zero-order valence-corrected chi connectivity index (χ0v) is 15.2. The first kappa shape index (κ1) is 20.4. The second-order valence-electron chi connectivity index (χ2n) is 6.64. The van der Waals surface area contributed by atoms with Crippen LogP contribution in [0.5, 0.6) is 0 Å². The average Bonchev–Trinajstić information content (AvgIpc) is 3.01. The number of alkyl halides is 3. The normalized spacial score (nSPS) is 17.1. The Labute approximate surface area is 162 Å². The molecule has 2 aliphatic heterocycles. The SMILES string of the molecule is Cl.O=C(O)c1cn2c3c(c(N4CCN(C(F)(F)F)CC4)c(F)cc3c1=O)CC2. The molecule has 1 aromatic carbocycles. The topological polar surface area (TPSA) is 65.8 Å². The number of aromatic carboxylic acids is 1. The van der Waals surface area contributed by atoms with E-state index < -0.39 is 29.1 Å². The van der Waals surface area contributed by atoms with Crippen molar-refractivity contribution in [1.29, 1.82) is 0 Å². The Bertz CT molecular complexity index is 1010. The molecular weight excluding hydrogens is 406 g/mol. The number of rotatable bonds is 2. The maximum absolute atomic E-state index is 14.8. The first-order chi connectivity index (χ1) is 12.7. The molecule has 1 fully saturated rings. The third-order valence-corrected chi connectivity index (χ3v) is 5.17. The minimum atomic E-state index is -4.42. The van der Waals surface area contributed by atoms with Crippen LogP contribution in [0.25, 0.3) is 10.9 Å². The molecule has 0 amide bonds. The molecule has 0 atom stereocenters. The van der Waals surface area contributed by atoms with E-state index >= 15 is 0 Å². The number of anilines is 1. The van der Waals surface area contributed by atoms with Gasteiger partial charge in [-0.25, -0.2) is 14.1 Å². The lowest BCUT2D eigenvalue weighted by Crippen LogP contribution is -2.52. The van der Waals surface area contributed by atoms with Crippen LogP contribution in [-0.2, 0) is 13.0 Å². The fourth-order valence-electron chi connectivity index (χ4n) is 3.93. The Morgan fingerprint density at radius 3 is 2.32 bits per heavy atom. The van der Waals surface area contributed by atoms with E-state index in [1.165, 1.54) is 6.20 Å². The van der Waals surface area contributed by atoms with Crippen LogP contribution >= 0.6 is 12.4 Å². The molecule has 4 rings (SSSR count). The summed E-state index contributed by atoms with van der Waals surface area (Å²) in [5.74, 6) is -2.10. The molecule has 0 radical (unpaired) electrons. The van der Waals surface area contributed by atoms with Gasteiger partial charge >= 0.3 is 12.3 Å². The first-order valence-corrected chi connectivity index (χ1v) is 8.37. The van der Waals surface area contributed by atoms with Gasteiger partial charge in [-0.05, 0) is 12.5 Å². The van der Waals surface area contributed by atoms with Crippen molar-refractivity contribution in [3.8, 4) is 0 Å². The van der Waals surface area contributed by atoms with Crippen LogP contribution in [0.3, 0.4) is 0 Å². The van der Waals surface area contributed by atoms with Gasteiger partial charge in [0, 0.05) is 49.9 Å². The minimum absolute atomic E-state index is 0. The van der Waals surface area contributed by atoms with E-state index in [0.717, 1.165) is 6.07 Å². The Morgan fingerprint density at radius 1 is 1.11 bits per heavy atom. The maximum atomic E-state index is 14.8. The summed E-state index contributed by atoms with van der Waals surface area (Å²) in [4.78, 5) is 25.6. The number of carbonyl (C=O) groups is 1. The zero-order valence-electron chi connectivity index (χ0n) is 14.4. The third kappa shape index (κ3) is 3.10. The minimum Gasteiger partial charge on any atom is -0.477 e. The standard InChI is InChI=1S/C17H15F4N3O3.ClH/c18-12-7-10-13-9(1-2-23(13)8-11(15(10)25)16(26)27)14(12)22-3-5-24(6-4-22)17(19,20)21;/h7-8H,1-6H2,(H,26,27);1H. The molecule has 2 aromatic rings. The van der Waals surface area contributed by atoms with Gasteiger partial charge in [-0.15, -0.1) is 12.4 Å². The fraction of sp³-hybridized carbons (Fsp3) is 0.412. The molecule has 2 aliphatic rings. The molecular formula is C17H16ClF4N3O3. The van der Waals surface area contributed by atoms with E-state index in [1.54, 1.807) is 9.47 Å². The molecule has 3 heterocycles. The summed E-state index contributed by atoms with van der Waals surface area (Å²) in [6.45, 7) is -0.152. The predicted octanol–water partition coefficient (Wildman–Crippen LogP) is 2.46. The molecule has 1 N–H and O–H groups in total. The van der Waals surface area contributed by atoms with Crippen molar-refractivity contribution >= 4 is 35.0 Å². The summed E-state index contributed by atoms with van der Waals surface area (Å²) < 4.78 is 54.9. The number of halogens is 5. The van der Waals surface area contributed by atoms with Crippen molar-refractivity contribution < 1.29 is 27.5 Å². The van der Waals surface area contributed by atoms with Crippen LogP contribution in [0, 0.1) is 5.82 Å². The Kier molecular flexibility index (Phi) is 5.05. The van der Waals surface area contributed by atoms with Crippen molar-refractivity contribution in [1.82, 2.24) is 9.47 Å². The highest BCUT2D eigenvalue weighted by atomic mass is 35.5. The lowest BCUT2D eigenvalue weighted by atomic mass is 10.0. The van der Waals surface area contributed by atoms with E-state index in [2.05, 4.69) is 0 Å². The molecule has 11 heteroatoms. The van der Waals surface area contributed by atoms with Gasteiger partial charge in [-0.1, -0.05) is 0 Å². The lowest BCUT2D eigenvalue weighted by molar-refractivity contribution is -0.246. The summed E-state index contributed by atoms with van der Waals surface area (Å²) in [6.07, 6.45) is -2.79. The highest BCUT2D eigenvalue weighted by Crippen LogP contribution is 2.36. The van der Waals surface area contributed by atoms with Gasteiger partial charge in [0.15, 0.2) is 0 Å². The Hall–Kier alpha value is -2.33. The third-order valence-electron chi connectivity index (χ3n) is 5.17. The monoisotopic (exact) mass is 421 g/mol. The van der Waals surface area contributed by atoms with Crippen LogP contribution < -0.4 is 10.3 Å². The van der Waals surface area contributed by atoms with Crippen LogP contribution in [0.4, 0.5) is 23.2 Å². The maximum Gasteiger partial charge on any atom is 0.460 e. The number of aryl methyl sites for hydroxylation is 2. The van der Waals surface area contributed by atoms with Crippen LogP contribution in [0.2, 0.25) is 0 Å². The van der Waals surface area contributed by atoms with Gasteiger partial charge in [0.05, 0.1) is 11.2 Å². The highest BCUT2D eigenvalue weighted by Gasteiger charge is 2.39. The number of hydrogen-bond donors (Lipinski definition) is 1. The van der Waals surface area contributed by atoms with Gasteiger partial charge in [0.2, 0.25) is 5.43 Å². The molecule has 0 saturated carbocycles. The van der Waals surface area contributed by atoms with Gasteiger partial charge in [-0.2, -0.15) is 13.2 Å². The summed E-state index contributed by atoms with van der Waals surface area (Å²) in [7, 11) is 0. The number of piperazine rings is 1. The van der Waals surface area contributed by atoms with Crippen molar-refractivity contribution in [2.75, 3.05) is 31.1 Å². The van der Waals surface area contributed by atoms with E-state index in [0.29, 0.717) is 28.9 Å². The van der Waals surface area contributed by atoms with Crippen LogP contribution in [0.15, 0.2) is 17.1 Å². The second-order valence-corrected chi connectivity index (χ2v) is 6.64. The van der Waals surface area contributed by atoms with Crippen LogP contribution in [-0.4, -0.2) is 53.0 Å². The van der Waals surface area contributed by atoms with Crippen molar-refractivity contribution in [3.63, 3.8) is 0 Å². The van der Waals surface area contributed by atoms with Gasteiger partial charge in [0.25, 0.3) is 0 Å². The molecule has 6 nitrogen and oxygen atoms in total. The van der Waals surface area contributed by atoms with E-state index in [9.17, 15) is 27.2 Å². The number of pyridine rings is 1. The summed E-state index contributed by atoms with van der Waals surface area (Å²) >= 11 is 0. The highest BCUT2D eigenvalue weighted by molar-refractivity contribution is 5.95. The largest absolute Gasteiger partial charge is 0.477 e. The van der Waals surface area contributed by atoms with E-state index in [4.69, 9.17) is 5.11 Å². The van der Waals surface area contributed by atoms with E-state index in [-0.39, 0.29) is 49.7 Å². The summed E-state index contributed by atoms with van der Waals surface area (Å²) in [5.41, 5.74) is 0.0164. The fourth-order valence-corrected chi connectivity index (χ4v) is 3.93. The lowest BCUT2D eigenvalue weighted by Gasteiger charge is -2.37. The molecule has 0 unspecified atom stereocenters. The number of nitrogens with zero attached hydrogens (tertiary/aromatic N) is 3. The quantitative estimate of drug-likeness (QED) is 0.596. The van der Waals surface area contributed by atoms with Crippen molar-refractivity contribution in [2.45, 2.75) is 19.3 Å². The second kappa shape index (κ2) is 6.93. The Balaban J connectivity index is 0.00000225. The predicted molar refractivity (Wildman–Crippen MR) is 95.9 cm³/mol. The number of hydrogen-bond acceptors (Lipinski definition) is 4. The number of benzene rings is 1. The number of aromatic nitrogens is 1. The number of carboxylic acid groups (broad SMARTS) is 1. The summed E-state index contributed by atoms with van der Waals surface area (Å²) in [6, 6.07) is 1.00. The van der Waals surface area contributed by atoms with Crippen molar-refractivity contribution in [3.05, 3.63) is 39.4 Å². The van der Waals surface area contributed by atoms with Crippen LogP contribution in [0.1, 0.15) is 15.9 Å². The Morgan fingerprint density at radius 2 is 1.75 bits per heavy atom. The molecule has 152 valence electrons. The van der Waals surface area contributed by atoms with Gasteiger partial charge in [-0.3, -0.25) is 4.79 Å². The molecule has 1 aromatic heterocycles. The van der Waals surface area contributed by atoms with Crippen molar-refractivity contribution in [2.24, 2.45) is 0 Å². The van der Waals surface area contributed by atoms with Gasteiger partial charge in [0.1, 0.15) is 11.4 Å². The smallest absolute Gasteiger partial charge is 0.460 e. The first-order valence-electron chi connectivity index (χ1n) is 8.37. The molecule has 28 heavy (non-hydrogen) atoms. The van der Waals surface area contributed by atoms with Gasteiger partial charge < -0.3 is 14.6 Å².